The van der Waals surface area contributed by atoms with E-state index in [1.807, 2.05) is 0 Å². The number of rotatable bonds is 2. The zero-order valence-corrected chi connectivity index (χ0v) is 9.80. The molecule has 0 aromatic heterocycles. The first-order valence-corrected chi connectivity index (χ1v) is 5.01. The van der Waals surface area contributed by atoms with Crippen molar-refractivity contribution in [3.63, 3.8) is 0 Å². The Balaban J connectivity index is 3.50. The third-order valence-corrected chi connectivity index (χ3v) is 2.67. The molecule has 2 N–H and O–H groups in total. The van der Waals surface area contributed by atoms with Crippen molar-refractivity contribution in [3.05, 3.63) is 32.4 Å². The van der Waals surface area contributed by atoms with Gasteiger partial charge in [0, 0.05) is 9.13 Å². The van der Waals surface area contributed by atoms with E-state index in [1.54, 1.807) is 0 Å². The molecule has 1 rings (SSSR count). The third-order valence-electron chi connectivity index (χ3n) is 1.82. The molecule has 0 saturated heterocycles. The minimum Gasteiger partial charge on any atom is -0.366 e. The van der Waals surface area contributed by atoms with Crippen LogP contribution in [0, 0.1) is 3.57 Å². The van der Waals surface area contributed by atoms with Gasteiger partial charge in [0.1, 0.15) is 0 Å². The summed E-state index contributed by atoms with van der Waals surface area (Å²) in [7, 11) is 0. The summed E-state index contributed by atoms with van der Waals surface area (Å²) in [5, 5.41) is 0. The van der Waals surface area contributed by atoms with Crippen molar-refractivity contribution in [2.75, 3.05) is 0 Å². The molecule has 0 bridgehead atoms. The number of amides is 1. The molecule has 1 aromatic carbocycles. The van der Waals surface area contributed by atoms with E-state index in [2.05, 4.69) is 0 Å². The summed E-state index contributed by atoms with van der Waals surface area (Å²) in [6.07, 6.45) is -4.38. The Kier molecular flexibility index (Phi) is 3.56. The first-order valence-electron chi connectivity index (χ1n) is 3.93. The Morgan fingerprint density at radius 1 is 1.38 bits per heavy atom. The van der Waals surface area contributed by atoms with Gasteiger partial charge in [0.25, 0.3) is 5.91 Å². The summed E-state index contributed by atoms with van der Waals surface area (Å²) in [5.74, 6) is -0.930. The molecule has 0 radical (unpaired) electrons. The topological polar surface area (TPSA) is 60.2 Å². The third kappa shape index (κ3) is 2.52. The second-order valence-electron chi connectivity index (χ2n) is 2.90. The molecule has 3 nitrogen and oxygen atoms in total. The number of hydrogen-bond acceptors (Lipinski definition) is 2. The Hall–Kier alpha value is -1.12. The van der Waals surface area contributed by atoms with Gasteiger partial charge < -0.3 is 5.73 Å². The van der Waals surface area contributed by atoms with E-state index < -0.39 is 17.6 Å². The van der Waals surface area contributed by atoms with E-state index in [0.29, 0.717) is 6.07 Å². The van der Waals surface area contributed by atoms with Gasteiger partial charge in [-0.05, 0) is 34.7 Å². The monoisotopic (exact) mass is 343 g/mol. The summed E-state index contributed by atoms with van der Waals surface area (Å²) in [6, 6.07) is 1.38. The predicted molar refractivity (Wildman–Crippen MR) is 58.1 cm³/mol. The highest BCUT2D eigenvalue weighted by Crippen LogP contribution is 2.32. The number of alkyl halides is 3. The molecular formula is C9H5F3INO2. The van der Waals surface area contributed by atoms with Gasteiger partial charge in [0.15, 0.2) is 6.29 Å². The van der Waals surface area contributed by atoms with Crippen molar-refractivity contribution in [2.45, 2.75) is 6.18 Å². The number of primary amides is 1. The standard InChI is InChI=1S/C9H5F3INO2/c10-9(11,12)5-1-4(3-15)7(8(14)16)6(13)2-5/h1-3H,(H2,14,16). The van der Waals surface area contributed by atoms with Crippen molar-refractivity contribution in [1.29, 1.82) is 0 Å². The maximum Gasteiger partial charge on any atom is 0.416 e. The maximum absolute atomic E-state index is 12.4. The SMILES string of the molecule is NC(=O)c1c(I)cc(C(F)(F)F)cc1C=O. The molecule has 0 saturated carbocycles. The molecule has 0 spiro atoms. The number of hydrogen-bond donors (Lipinski definition) is 1. The van der Waals surface area contributed by atoms with Crippen LogP contribution >= 0.6 is 22.6 Å². The second-order valence-corrected chi connectivity index (χ2v) is 4.06. The first kappa shape index (κ1) is 12.9. The van der Waals surface area contributed by atoms with E-state index in [1.165, 1.54) is 22.6 Å². The van der Waals surface area contributed by atoms with Crippen LogP contribution in [0.5, 0.6) is 0 Å². The second kappa shape index (κ2) is 4.40. The highest BCUT2D eigenvalue weighted by molar-refractivity contribution is 14.1. The minimum atomic E-state index is -4.56. The molecule has 0 aliphatic carbocycles. The molecule has 7 heteroatoms. The highest BCUT2D eigenvalue weighted by atomic mass is 127. The van der Waals surface area contributed by atoms with E-state index in [4.69, 9.17) is 5.73 Å². The Morgan fingerprint density at radius 3 is 2.31 bits per heavy atom. The molecule has 0 aliphatic rings. The molecule has 16 heavy (non-hydrogen) atoms. The number of halogens is 4. The average molecular weight is 343 g/mol. The van der Waals surface area contributed by atoms with Crippen molar-refractivity contribution in [1.82, 2.24) is 0 Å². The van der Waals surface area contributed by atoms with Gasteiger partial charge in [-0.25, -0.2) is 0 Å². The average Bonchev–Trinajstić information content (AvgIpc) is 2.14. The van der Waals surface area contributed by atoms with Crippen molar-refractivity contribution in [2.24, 2.45) is 5.73 Å². The number of aldehydes is 1. The highest BCUT2D eigenvalue weighted by Gasteiger charge is 2.32. The number of nitrogens with two attached hydrogens (primary N) is 1. The first-order chi connectivity index (χ1) is 7.27. The fourth-order valence-electron chi connectivity index (χ4n) is 1.14. The van der Waals surface area contributed by atoms with Crippen LogP contribution in [0.3, 0.4) is 0 Å². The van der Waals surface area contributed by atoms with Crippen molar-refractivity contribution in [3.8, 4) is 0 Å². The van der Waals surface area contributed by atoms with Crippen LogP contribution in [0.1, 0.15) is 26.3 Å². The van der Waals surface area contributed by atoms with Gasteiger partial charge in [-0.1, -0.05) is 0 Å². The number of carbonyl (C=O) groups is 2. The molecule has 0 aliphatic heterocycles. The van der Waals surface area contributed by atoms with E-state index in [9.17, 15) is 22.8 Å². The van der Waals surface area contributed by atoms with Gasteiger partial charge in [0.05, 0.1) is 11.1 Å². The van der Waals surface area contributed by atoms with Crippen LogP contribution in [0.25, 0.3) is 0 Å². The van der Waals surface area contributed by atoms with Crippen LogP contribution in [0.2, 0.25) is 0 Å². The largest absolute Gasteiger partial charge is 0.416 e. The van der Waals surface area contributed by atoms with Crippen LogP contribution in [-0.2, 0) is 6.18 Å². The Morgan fingerprint density at radius 2 is 1.94 bits per heavy atom. The summed E-state index contributed by atoms with van der Waals surface area (Å²) in [6.45, 7) is 0. The van der Waals surface area contributed by atoms with E-state index >= 15 is 0 Å². The number of benzene rings is 1. The van der Waals surface area contributed by atoms with Gasteiger partial charge in [-0.15, -0.1) is 0 Å². The quantitative estimate of drug-likeness (QED) is 0.661. The van der Waals surface area contributed by atoms with Crippen LogP contribution in [0.4, 0.5) is 13.2 Å². The van der Waals surface area contributed by atoms with Crippen molar-refractivity contribution >= 4 is 34.8 Å². The maximum atomic E-state index is 12.4. The van der Waals surface area contributed by atoms with Crippen LogP contribution < -0.4 is 5.73 Å². The van der Waals surface area contributed by atoms with E-state index in [0.717, 1.165) is 6.07 Å². The lowest BCUT2D eigenvalue weighted by Crippen LogP contribution is -2.17. The molecule has 0 heterocycles. The van der Waals surface area contributed by atoms with Crippen molar-refractivity contribution < 1.29 is 22.8 Å². The zero-order chi connectivity index (χ0) is 12.5. The molecule has 0 fully saturated rings. The lowest BCUT2D eigenvalue weighted by Gasteiger charge is -2.10. The number of carbonyl (C=O) groups excluding carboxylic acids is 2. The normalized spacial score (nSPS) is 11.2. The van der Waals surface area contributed by atoms with E-state index in [-0.39, 0.29) is 21.0 Å². The van der Waals surface area contributed by atoms with Gasteiger partial charge in [-0.2, -0.15) is 13.2 Å². The molecule has 0 unspecified atom stereocenters. The molecule has 1 aromatic rings. The summed E-state index contributed by atoms with van der Waals surface area (Å²) >= 11 is 1.53. The molecular weight excluding hydrogens is 338 g/mol. The van der Waals surface area contributed by atoms with Crippen LogP contribution in [-0.4, -0.2) is 12.2 Å². The molecule has 1 amide bonds. The van der Waals surface area contributed by atoms with Gasteiger partial charge >= 0.3 is 6.18 Å². The van der Waals surface area contributed by atoms with Crippen LogP contribution in [0.15, 0.2) is 12.1 Å². The fraction of sp³-hybridized carbons (Fsp3) is 0.111. The fourth-order valence-corrected chi connectivity index (χ4v) is 2.06. The Labute approximate surface area is 102 Å². The lowest BCUT2D eigenvalue weighted by atomic mass is 10.0. The predicted octanol–water partition coefficient (Wildman–Crippen LogP) is 2.22. The summed E-state index contributed by atoms with van der Waals surface area (Å²) < 4.78 is 37.1. The Bertz CT molecular complexity index is 457. The zero-order valence-electron chi connectivity index (χ0n) is 7.64. The molecule has 86 valence electrons. The summed E-state index contributed by atoms with van der Waals surface area (Å²) in [5.41, 5.74) is 3.44. The van der Waals surface area contributed by atoms with Gasteiger partial charge in [0.2, 0.25) is 0 Å². The minimum absolute atomic E-state index is 0.00188. The lowest BCUT2D eigenvalue weighted by molar-refractivity contribution is -0.137. The van der Waals surface area contributed by atoms with Gasteiger partial charge in [-0.3, -0.25) is 9.59 Å². The molecule has 0 atom stereocenters. The summed E-state index contributed by atoms with van der Waals surface area (Å²) in [4.78, 5) is 21.5. The smallest absolute Gasteiger partial charge is 0.366 e.